The summed E-state index contributed by atoms with van der Waals surface area (Å²) in [5.74, 6) is 1.88. The maximum absolute atomic E-state index is 12.3. The first-order valence-electron chi connectivity index (χ1n) is 6.78. The Labute approximate surface area is 144 Å². The first-order chi connectivity index (χ1) is 11.1. The first kappa shape index (κ1) is 14.9. The lowest BCUT2D eigenvalue weighted by atomic mass is 10.2. The lowest BCUT2D eigenvalue weighted by Crippen LogP contribution is -2.18. The van der Waals surface area contributed by atoms with Crippen LogP contribution < -0.4 is 15.0 Å². The van der Waals surface area contributed by atoms with E-state index in [1.54, 1.807) is 11.6 Å². The molecule has 0 fully saturated rings. The van der Waals surface area contributed by atoms with E-state index < -0.39 is 0 Å². The highest BCUT2D eigenvalue weighted by Gasteiger charge is 2.18. The summed E-state index contributed by atoms with van der Waals surface area (Å²) in [6.45, 7) is 0.191. The number of benzene rings is 1. The third-order valence-corrected chi connectivity index (χ3v) is 5.77. The minimum Gasteiger partial charge on any atom is -0.454 e. The zero-order chi connectivity index (χ0) is 16.0. The molecule has 3 aromatic rings. The van der Waals surface area contributed by atoms with Gasteiger partial charge in [-0.15, -0.1) is 11.3 Å². The van der Waals surface area contributed by atoms with Gasteiger partial charge in [0.25, 0.3) is 5.56 Å². The van der Waals surface area contributed by atoms with Gasteiger partial charge in [0.15, 0.2) is 16.7 Å². The zero-order valence-corrected chi connectivity index (χ0v) is 14.4. The molecule has 1 aliphatic rings. The van der Waals surface area contributed by atoms with Gasteiger partial charge >= 0.3 is 0 Å². The molecule has 3 heterocycles. The molecule has 5 nitrogen and oxygen atoms in total. The molecule has 1 aliphatic heterocycles. The predicted molar refractivity (Wildman–Crippen MR) is 92.0 cm³/mol. The van der Waals surface area contributed by atoms with Gasteiger partial charge in [-0.25, -0.2) is 4.98 Å². The number of thiophene rings is 1. The summed E-state index contributed by atoms with van der Waals surface area (Å²) >= 11 is 9.09. The molecule has 0 aliphatic carbocycles. The summed E-state index contributed by atoms with van der Waals surface area (Å²) in [5.41, 5.74) is 1.71. The van der Waals surface area contributed by atoms with Crippen LogP contribution in [0.4, 0.5) is 0 Å². The van der Waals surface area contributed by atoms with Crippen LogP contribution in [0, 0.1) is 0 Å². The van der Waals surface area contributed by atoms with Crippen LogP contribution in [0.1, 0.15) is 5.56 Å². The molecule has 0 amide bonds. The molecule has 1 aromatic carbocycles. The minimum absolute atomic E-state index is 0.0174. The Morgan fingerprint density at radius 2 is 2.30 bits per heavy atom. The van der Waals surface area contributed by atoms with Crippen LogP contribution in [-0.2, 0) is 12.8 Å². The molecule has 0 atom stereocenters. The fourth-order valence-corrected chi connectivity index (χ4v) is 4.34. The van der Waals surface area contributed by atoms with Crippen molar-refractivity contribution in [2.45, 2.75) is 10.9 Å². The molecule has 0 spiro atoms. The van der Waals surface area contributed by atoms with Crippen LogP contribution in [0.3, 0.4) is 0 Å². The summed E-state index contributed by atoms with van der Waals surface area (Å²) in [5, 5.41) is 3.09. The summed E-state index contributed by atoms with van der Waals surface area (Å²) in [7, 11) is 1.74. The number of fused-ring (bicyclic) bond motifs is 2. The van der Waals surface area contributed by atoms with E-state index in [0.29, 0.717) is 32.1 Å². The van der Waals surface area contributed by atoms with Crippen molar-refractivity contribution in [3.8, 4) is 11.5 Å². The van der Waals surface area contributed by atoms with Crippen LogP contribution in [-0.4, -0.2) is 16.3 Å². The van der Waals surface area contributed by atoms with E-state index in [0.717, 1.165) is 11.1 Å². The average Bonchev–Trinajstić information content (AvgIpc) is 3.18. The summed E-state index contributed by atoms with van der Waals surface area (Å²) < 4.78 is 12.9. The van der Waals surface area contributed by atoms with Gasteiger partial charge in [-0.3, -0.25) is 9.36 Å². The molecule has 118 valence electrons. The smallest absolute Gasteiger partial charge is 0.271 e. The number of hydrogen-bond acceptors (Lipinski definition) is 6. The van der Waals surface area contributed by atoms with E-state index in [2.05, 4.69) is 4.98 Å². The predicted octanol–water partition coefficient (Wildman–Crippen LogP) is 3.67. The number of nitrogens with zero attached hydrogens (tertiary/aromatic N) is 2. The van der Waals surface area contributed by atoms with E-state index >= 15 is 0 Å². The van der Waals surface area contributed by atoms with E-state index in [-0.39, 0.29) is 12.4 Å². The van der Waals surface area contributed by atoms with Gasteiger partial charge in [0, 0.05) is 12.8 Å². The number of aromatic nitrogens is 2. The Morgan fingerprint density at radius 3 is 3.17 bits per heavy atom. The molecule has 4 rings (SSSR count). The number of thioether (sulfide) groups is 1. The van der Waals surface area contributed by atoms with E-state index in [4.69, 9.17) is 21.1 Å². The summed E-state index contributed by atoms with van der Waals surface area (Å²) in [4.78, 5) is 16.8. The Morgan fingerprint density at radius 1 is 1.43 bits per heavy atom. The second-order valence-corrected chi connectivity index (χ2v) is 7.26. The molecule has 0 radical (unpaired) electrons. The number of hydrogen-bond donors (Lipinski definition) is 0. The third kappa shape index (κ3) is 2.58. The van der Waals surface area contributed by atoms with Gasteiger partial charge in [-0.2, -0.15) is 0 Å². The molecule has 0 bridgehead atoms. The third-order valence-electron chi connectivity index (χ3n) is 3.50. The number of halogens is 1. The van der Waals surface area contributed by atoms with Gasteiger partial charge in [0.05, 0.1) is 10.5 Å². The standard InChI is InChI=1S/C15H11ClN2O3S2/c1-18-14(19)13-10(2-3-22-13)17-15(18)23-6-8-4-9(16)12-11(5-8)20-7-21-12/h2-5H,6-7H2,1H3. The Kier molecular flexibility index (Phi) is 3.71. The molecule has 2 aromatic heterocycles. The lowest BCUT2D eigenvalue weighted by Gasteiger charge is -2.08. The van der Waals surface area contributed by atoms with Crippen LogP contribution in [0.25, 0.3) is 10.2 Å². The van der Waals surface area contributed by atoms with Gasteiger partial charge in [-0.05, 0) is 29.1 Å². The number of ether oxygens (including phenoxy) is 2. The van der Waals surface area contributed by atoms with Crippen LogP contribution in [0.15, 0.2) is 33.5 Å². The van der Waals surface area contributed by atoms with Crippen molar-refractivity contribution in [3.63, 3.8) is 0 Å². The fraction of sp³-hybridized carbons (Fsp3) is 0.200. The molecule has 0 unspecified atom stereocenters. The van der Waals surface area contributed by atoms with Crippen molar-refractivity contribution in [3.05, 3.63) is 44.5 Å². The van der Waals surface area contributed by atoms with Crippen molar-refractivity contribution in [2.75, 3.05) is 6.79 Å². The SMILES string of the molecule is Cn1c(SCc2cc(Cl)c3c(c2)OCO3)nc2ccsc2c1=O. The van der Waals surface area contributed by atoms with Gasteiger partial charge in [-0.1, -0.05) is 23.4 Å². The van der Waals surface area contributed by atoms with Gasteiger partial charge in [0.2, 0.25) is 6.79 Å². The largest absolute Gasteiger partial charge is 0.454 e. The summed E-state index contributed by atoms with van der Waals surface area (Å²) in [6, 6.07) is 5.62. The Balaban J connectivity index is 1.63. The first-order valence-corrected chi connectivity index (χ1v) is 9.03. The van der Waals surface area contributed by atoms with Crippen molar-refractivity contribution in [1.82, 2.24) is 9.55 Å². The Hall–Kier alpha value is -1.70. The van der Waals surface area contributed by atoms with Crippen molar-refractivity contribution < 1.29 is 9.47 Å². The van der Waals surface area contributed by atoms with E-state index in [1.807, 2.05) is 23.6 Å². The molecule has 23 heavy (non-hydrogen) atoms. The van der Waals surface area contributed by atoms with Crippen LogP contribution >= 0.6 is 34.7 Å². The molecular weight excluding hydrogens is 356 g/mol. The quantitative estimate of drug-likeness (QED) is 0.523. The normalized spacial score (nSPS) is 13.0. The lowest BCUT2D eigenvalue weighted by molar-refractivity contribution is 0.174. The maximum atomic E-state index is 12.3. The van der Waals surface area contributed by atoms with Crippen molar-refractivity contribution >= 4 is 44.9 Å². The molecule has 0 saturated heterocycles. The Bertz CT molecular complexity index is 967. The van der Waals surface area contributed by atoms with Gasteiger partial charge in [0.1, 0.15) is 4.70 Å². The highest BCUT2D eigenvalue weighted by Crippen LogP contribution is 2.40. The summed E-state index contributed by atoms with van der Waals surface area (Å²) in [6.07, 6.45) is 0. The molecule has 0 saturated carbocycles. The molecular formula is C15H11ClN2O3S2. The van der Waals surface area contributed by atoms with E-state index in [1.165, 1.54) is 23.1 Å². The second kappa shape index (κ2) is 5.74. The maximum Gasteiger partial charge on any atom is 0.271 e. The van der Waals surface area contributed by atoms with Crippen molar-refractivity contribution in [1.29, 1.82) is 0 Å². The highest BCUT2D eigenvalue weighted by atomic mass is 35.5. The fourth-order valence-electron chi connectivity index (χ4n) is 2.35. The minimum atomic E-state index is -0.0174. The highest BCUT2D eigenvalue weighted by molar-refractivity contribution is 7.98. The molecule has 0 N–H and O–H groups in total. The second-order valence-electron chi connectivity index (χ2n) is 4.99. The molecule has 8 heteroatoms. The zero-order valence-electron chi connectivity index (χ0n) is 12.0. The van der Waals surface area contributed by atoms with Gasteiger partial charge < -0.3 is 9.47 Å². The van der Waals surface area contributed by atoms with E-state index in [9.17, 15) is 4.79 Å². The topological polar surface area (TPSA) is 53.4 Å². The monoisotopic (exact) mass is 366 g/mol. The average molecular weight is 367 g/mol. The van der Waals surface area contributed by atoms with Crippen LogP contribution in [0.5, 0.6) is 11.5 Å². The van der Waals surface area contributed by atoms with Crippen LogP contribution in [0.2, 0.25) is 5.02 Å². The van der Waals surface area contributed by atoms with Crippen molar-refractivity contribution in [2.24, 2.45) is 7.05 Å². The number of rotatable bonds is 3.